The van der Waals surface area contributed by atoms with E-state index in [9.17, 15) is 0 Å². The second-order valence-corrected chi connectivity index (χ2v) is 15.0. The van der Waals surface area contributed by atoms with E-state index in [0.29, 0.717) is 0 Å². The molecule has 1 spiro atoms. The minimum absolute atomic E-state index is 0.649. The van der Waals surface area contributed by atoms with Gasteiger partial charge in [0.15, 0.2) is 0 Å². The molecule has 0 amide bonds. The number of pyridine rings is 4. The third kappa shape index (κ3) is 4.74. The molecule has 0 N–H and O–H groups in total. The van der Waals surface area contributed by atoms with E-state index < -0.39 is 5.41 Å². The molecule has 4 heterocycles. The van der Waals surface area contributed by atoms with Crippen molar-refractivity contribution in [3.63, 3.8) is 0 Å². The summed E-state index contributed by atoms with van der Waals surface area (Å²) >= 11 is 0. The Bertz CT molecular complexity index is 3100. The summed E-state index contributed by atoms with van der Waals surface area (Å²) in [5.74, 6) is 1.64. The van der Waals surface area contributed by atoms with Crippen LogP contribution < -0.4 is 9.80 Å². The first-order valence-corrected chi connectivity index (χ1v) is 19.9. The van der Waals surface area contributed by atoms with Crippen LogP contribution in [-0.4, -0.2) is 19.9 Å². The first kappa shape index (κ1) is 33.2. The van der Waals surface area contributed by atoms with Gasteiger partial charge in [-0.3, -0.25) is 19.8 Å². The molecule has 0 aliphatic heterocycles. The van der Waals surface area contributed by atoms with E-state index in [1.54, 1.807) is 0 Å². The Hall–Kier alpha value is -7.96. The summed E-state index contributed by atoms with van der Waals surface area (Å²) in [4.78, 5) is 23.4. The molecule has 4 aromatic heterocycles. The van der Waals surface area contributed by atoms with E-state index in [1.807, 2.05) is 73.6 Å². The predicted molar refractivity (Wildman–Crippen MR) is 238 cm³/mol. The molecule has 2 aliphatic carbocycles. The molecule has 6 heteroatoms. The van der Waals surface area contributed by atoms with Gasteiger partial charge < -0.3 is 0 Å². The maximum Gasteiger partial charge on any atom is 0.137 e. The highest BCUT2D eigenvalue weighted by atomic mass is 15.2. The lowest BCUT2D eigenvalue weighted by Crippen LogP contribution is -2.27. The van der Waals surface area contributed by atoms with Crippen LogP contribution in [0.5, 0.6) is 0 Å². The average molecular weight is 755 g/mol. The molecule has 12 rings (SSSR count). The van der Waals surface area contributed by atoms with Gasteiger partial charge in [0.05, 0.1) is 40.6 Å². The van der Waals surface area contributed by atoms with Crippen LogP contribution in [-0.2, 0) is 5.41 Å². The fourth-order valence-electron chi connectivity index (χ4n) is 9.94. The van der Waals surface area contributed by atoms with Crippen molar-refractivity contribution in [1.82, 2.24) is 19.9 Å². The van der Waals surface area contributed by atoms with Gasteiger partial charge in [-0.2, -0.15) is 0 Å². The van der Waals surface area contributed by atoms with Gasteiger partial charge in [0, 0.05) is 35.6 Å². The molecule has 0 saturated carbocycles. The number of nitrogens with zero attached hydrogens (tertiary/aromatic N) is 6. The number of rotatable bonds is 6. The fourth-order valence-corrected chi connectivity index (χ4v) is 9.94. The molecule has 0 unspecified atom stereocenters. The highest BCUT2D eigenvalue weighted by Gasteiger charge is 2.53. The van der Waals surface area contributed by atoms with Gasteiger partial charge in [-0.15, -0.1) is 0 Å². The highest BCUT2D eigenvalue weighted by molar-refractivity contribution is 6.16. The predicted octanol–water partition coefficient (Wildman–Crippen LogP) is 12.9. The van der Waals surface area contributed by atoms with Crippen molar-refractivity contribution in [1.29, 1.82) is 0 Å². The van der Waals surface area contributed by atoms with E-state index in [4.69, 9.17) is 9.97 Å². The number of hydrogen-bond acceptors (Lipinski definition) is 6. The third-order valence-electron chi connectivity index (χ3n) is 12.1. The van der Waals surface area contributed by atoms with Crippen molar-refractivity contribution in [3.8, 4) is 22.3 Å². The van der Waals surface area contributed by atoms with Crippen molar-refractivity contribution in [2.24, 2.45) is 0 Å². The summed E-state index contributed by atoms with van der Waals surface area (Å²) < 4.78 is 0. The van der Waals surface area contributed by atoms with Gasteiger partial charge in [0.25, 0.3) is 0 Å². The second-order valence-electron chi connectivity index (χ2n) is 15.0. The van der Waals surface area contributed by atoms with Gasteiger partial charge in [0.1, 0.15) is 11.6 Å². The van der Waals surface area contributed by atoms with E-state index in [2.05, 4.69) is 153 Å². The molecule has 0 saturated heterocycles. The number of aromatic nitrogens is 4. The minimum Gasteiger partial charge on any atom is -0.293 e. The molecule has 2 aliphatic rings. The van der Waals surface area contributed by atoms with Crippen molar-refractivity contribution in [3.05, 3.63) is 229 Å². The Balaban J connectivity index is 1.23. The quantitative estimate of drug-likeness (QED) is 0.168. The molecule has 6 aromatic carbocycles. The second kappa shape index (κ2) is 13.0. The van der Waals surface area contributed by atoms with Crippen LogP contribution in [0.4, 0.5) is 34.4 Å². The fraction of sp³-hybridized carbons (Fsp3) is 0.0189. The van der Waals surface area contributed by atoms with Crippen molar-refractivity contribution in [2.75, 3.05) is 9.80 Å². The van der Waals surface area contributed by atoms with E-state index in [1.165, 1.54) is 55.3 Å². The summed E-state index contributed by atoms with van der Waals surface area (Å²) in [5, 5.41) is 4.64. The summed E-state index contributed by atoms with van der Waals surface area (Å²) in [6, 6.07) is 61.0. The van der Waals surface area contributed by atoms with Gasteiger partial charge >= 0.3 is 0 Å². The molecule has 59 heavy (non-hydrogen) atoms. The Morgan fingerprint density at radius 3 is 1.54 bits per heavy atom. The van der Waals surface area contributed by atoms with Crippen LogP contribution in [0.25, 0.3) is 43.8 Å². The first-order chi connectivity index (χ1) is 29.3. The maximum absolute atomic E-state index is 4.93. The van der Waals surface area contributed by atoms with Gasteiger partial charge in [-0.25, -0.2) is 9.97 Å². The summed E-state index contributed by atoms with van der Waals surface area (Å²) in [6.45, 7) is 0. The Morgan fingerprint density at radius 2 is 0.932 bits per heavy atom. The lowest BCUT2D eigenvalue weighted by Gasteiger charge is -2.33. The Labute approximate surface area is 341 Å². The molecular formula is C53H34N6. The molecule has 0 bridgehead atoms. The zero-order valence-corrected chi connectivity index (χ0v) is 31.8. The molecule has 0 radical (unpaired) electrons. The van der Waals surface area contributed by atoms with Crippen LogP contribution >= 0.6 is 0 Å². The molecule has 6 nitrogen and oxygen atoms in total. The molecular weight excluding hydrogens is 721 g/mol. The molecule has 276 valence electrons. The summed E-state index contributed by atoms with van der Waals surface area (Å²) in [7, 11) is 0. The van der Waals surface area contributed by atoms with Crippen LogP contribution in [0.1, 0.15) is 22.3 Å². The average Bonchev–Trinajstić information content (AvgIpc) is 3.78. The van der Waals surface area contributed by atoms with Crippen LogP contribution in [0.2, 0.25) is 0 Å². The number of anilines is 6. The number of hydrogen-bond donors (Lipinski definition) is 0. The number of benzene rings is 6. The number of fused-ring (bicyclic) bond motifs is 14. The highest BCUT2D eigenvalue weighted by Crippen LogP contribution is 2.66. The molecule has 0 atom stereocenters. The van der Waals surface area contributed by atoms with Crippen LogP contribution in [0, 0.1) is 0 Å². The summed E-state index contributed by atoms with van der Waals surface area (Å²) in [5.41, 5.74) is 13.4. The van der Waals surface area contributed by atoms with Crippen LogP contribution in [0.3, 0.4) is 0 Å². The Kier molecular flexibility index (Phi) is 7.34. The zero-order chi connectivity index (χ0) is 38.9. The van der Waals surface area contributed by atoms with Gasteiger partial charge in [0.2, 0.25) is 0 Å². The summed E-state index contributed by atoms with van der Waals surface area (Å²) in [6.07, 6.45) is 11.2. The maximum atomic E-state index is 4.93. The lowest BCUT2D eigenvalue weighted by atomic mass is 9.69. The van der Waals surface area contributed by atoms with E-state index in [0.717, 1.165) is 45.2 Å². The smallest absolute Gasteiger partial charge is 0.137 e. The zero-order valence-electron chi connectivity index (χ0n) is 31.8. The normalized spacial score (nSPS) is 12.9. The standard InChI is InChI=1S/C53H34N6/c1-2-19-41-39(18-1)48(59(36-15-13-29-55-34-36)50-25-8-10-31-57-50)32-46-51(41)43-27-26-40-42(52(43)53(46)44-21-5-3-16-37(44)38-17-4-6-22-45(38)53)20-11-23-47(40)58(35-14-12-28-54-33-35)49-24-7-9-30-56-49/h1-34H. The van der Waals surface area contributed by atoms with Gasteiger partial charge in [-0.05, 0) is 116 Å². The Morgan fingerprint density at radius 1 is 0.373 bits per heavy atom. The first-order valence-electron chi connectivity index (χ1n) is 19.9. The van der Waals surface area contributed by atoms with Gasteiger partial charge in [-0.1, -0.05) is 109 Å². The van der Waals surface area contributed by atoms with E-state index >= 15 is 0 Å². The monoisotopic (exact) mass is 754 g/mol. The van der Waals surface area contributed by atoms with Crippen molar-refractivity contribution in [2.45, 2.75) is 5.41 Å². The third-order valence-corrected chi connectivity index (χ3v) is 12.1. The van der Waals surface area contributed by atoms with E-state index in [-0.39, 0.29) is 0 Å². The molecule has 0 fully saturated rings. The van der Waals surface area contributed by atoms with Crippen LogP contribution in [0.15, 0.2) is 207 Å². The minimum atomic E-state index is -0.649. The van der Waals surface area contributed by atoms with Crippen molar-refractivity contribution < 1.29 is 0 Å². The lowest BCUT2D eigenvalue weighted by molar-refractivity contribution is 0.802. The largest absolute Gasteiger partial charge is 0.293 e. The van der Waals surface area contributed by atoms with Crippen molar-refractivity contribution >= 4 is 55.9 Å². The molecule has 10 aromatic rings. The topological polar surface area (TPSA) is 58.0 Å². The SMILES string of the molecule is c1ccc(N(c2cccnc2)c2cc3c(c4ccccc24)-c2ccc4c(N(c5cccnc5)c5ccccn5)cccc4c2C32c3ccccc3-c3ccccc32)nc1.